The number of nitrogens with one attached hydrogen (secondary N) is 1. The first kappa shape index (κ1) is 16.7. The summed E-state index contributed by atoms with van der Waals surface area (Å²) in [7, 11) is 0. The van der Waals surface area contributed by atoms with E-state index in [4.69, 9.17) is 4.42 Å². The molecule has 1 amide bonds. The van der Waals surface area contributed by atoms with Gasteiger partial charge in [-0.1, -0.05) is 18.2 Å². The highest BCUT2D eigenvalue weighted by Gasteiger charge is 2.13. The molecule has 0 atom stereocenters. The summed E-state index contributed by atoms with van der Waals surface area (Å²) < 4.78 is 6.47. The lowest BCUT2D eigenvalue weighted by Gasteiger charge is -2.10. The Morgan fingerprint density at radius 2 is 1.85 bits per heavy atom. The second kappa shape index (κ2) is 7.25. The van der Waals surface area contributed by atoms with Crippen molar-refractivity contribution in [3.8, 4) is 11.3 Å². The molecule has 3 aromatic heterocycles. The standard InChI is InChI=1S/C20H16N4O3/c25-18(13-24-16-5-1-2-6-17(16)27-20(24)26)23-12-15-4-3-9-22-19(15)14-7-10-21-11-8-14/h1-11H,12-13H2,(H,23,25). The Hall–Kier alpha value is -3.74. The Kier molecular flexibility index (Phi) is 4.49. The van der Waals surface area contributed by atoms with Crippen LogP contribution in [0.5, 0.6) is 0 Å². The summed E-state index contributed by atoms with van der Waals surface area (Å²) in [6.07, 6.45) is 5.10. The van der Waals surface area contributed by atoms with Gasteiger partial charge in [0.05, 0.1) is 11.2 Å². The monoisotopic (exact) mass is 360 g/mol. The Balaban J connectivity index is 1.51. The molecule has 0 unspecified atom stereocenters. The second-order valence-electron chi connectivity index (χ2n) is 5.95. The lowest BCUT2D eigenvalue weighted by Crippen LogP contribution is -2.30. The molecule has 0 saturated heterocycles. The molecule has 0 bridgehead atoms. The number of para-hydroxylation sites is 2. The van der Waals surface area contributed by atoms with Crippen LogP contribution in [-0.2, 0) is 17.9 Å². The number of carbonyl (C=O) groups is 1. The van der Waals surface area contributed by atoms with Crippen LogP contribution in [0.1, 0.15) is 5.56 Å². The van der Waals surface area contributed by atoms with Crippen LogP contribution in [0.15, 0.2) is 76.3 Å². The van der Waals surface area contributed by atoms with E-state index in [9.17, 15) is 9.59 Å². The van der Waals surface area contributed by atoms with E-state index >= 15 is 0 Å². The van der Waals surface area contributed by atoms with Gasteiger partial charge in [-0.3, -0.25) is 19.3 Å². The minimum atomic E-state index is -0.551. The Morgan fingerprint density at radius 1 is 1.04 bits per heavy atom. The topological polar surface area (TPSA) is 90.0 Å². The smallest absolute Gasteiger partial charge is 0.408 e. The first-order valence-electron chi connectivity index (χ1n) is 8.42. The summed E-state index contributed by atoms with van der Waals surface area (Å²) in [5.41, 5.74) is 3.64. The minimum Gasteiger partial charge on any atom is -0.408 e. The molecule has 0 radical (unpaired) electrons. The van der Waals surface area contributed by atoms with Gasteiger partial charge in [0.2, 0.25) is 5.91 Å². The predicted octanol–water partition coefficient (Wildman–Crippen LogP) is 2.37. The van der Waals surface area contributed by atoms with Crippen LogP contribution >= 0.6 is 0 Å². The van der Waals surface area contributed by atoms with Gasteiger partial charge in [0.15, 0.2) is 5.58 Å². The summed E-state index contributed by atoms with van der Waals surface area (Å²) in [6.45, 7) is 0.190. The van der Waals surface area contributed by atoms with Gasteiger partial charge in [0, 0.05) is 30.7 Å². The first-order chi connectivity index (χ1) is 13.2. The highest BCUT2D eigenvalue weighted by molar-refractivity contribution is 5.79. The van der Waals surface area contributed by atoms with Crippen LogP contribution in [0, 0.1) is 0 Å². The predicted molar refractivity (Wildman–Crippen MR) is 99.8 cm³/mol. The van der Waals surface area contributed by atoms with Gasteiger partial charge in [-0.05, 0) is 35.9 Å². The number of pyridine rings is 2. The molecule has 7 heteroatoms. The van der Waals surface area contributed by atoms with E-state index in [0.717, 1.165) is 16.8 Å². The summed E-state index contributed by atoms with van der Waals surface area (Å²) in [6, 6.07) is 14.5. The van der Waals surface area contributed by atoms with Crippen molar-refractivity contribution in [3.63, 3.8) is 0 Å². The van der Waals surface area contributed by atoms with Crippen molar-refractivity contribution in [1.29, 1.82) is 0 Å². The number of carbonyl (C=O) groups excluding carboxylic acids is 1. The van der Waals surface area contributed by atoms with Crippen molar-refractivity contribution < 1.29 is 9.21 Å². The fourth-order valence-electron chi connectivity index (χ4n) is 2.91. The molecule has 1 aromatic carbocycles. The number of oxazole rings is 1. The van der Waals surface area contributed by atoms with Gasteiger partial charge in [-0.25, -0.2) is 4.79 Å². The van der Waals surface area contributed by atoms with E-state index < -0.39 is 5.76 Å². The zero-order chi connectivity index (χ0) is 18.6. The Bertz CT molecular complexity index is 1150. The van der Waals surface area contributed by atoms with Crippen LogP contribution in [0.25, 0.3) is 22.4 Å². The molecular weight excluding hydrogens is 344 g/mol. The average molecular weight is 360 g/mol. The third kappa shape index (κ3) is 3.48. The molecule has 0 aliphatic carbocycles. The van der Waals surface area contributed by atoms with Gasteiger partial charge in [-0.2, -0.15) is 0 Å². The molecular formula is C20H16N4O3. The van der Waals surface area contributed by atoms with Crippen LogP contribution < -0.4 is 11.1 Å². The third-order valence-electron chi connectivity index (χ3n) is 4.20. The van der Waals surface area contributed by atoms with Gasteiger partial charge in [0.1, 0.15) is 6.54 Å². The molecule has 0 spiro atoms. The van der Waals surface area contributed by atoms with Crippen molar-refractivity contribution >= 4 is 17.0 Å². The number of amides is 1. The number of nitrogens with zero attached hydrogens (tertiary/aromatic N) is 3. The molecule has 7 nitrogen and oxygen atoms in total. The number of fused-ring (bicyclic) bond motifs is 1. The second-order valence-corrected chi connectivity index (χ2v) is 5.95. The number of rotatable bonds is 5. The van der Waals surface area contributed by atoms with E-state index in [1.54, 1.807) is 42.9 Å². The number of hydrogen-bond acceptors (Lipinski definition) is 5. The molecule has 3 heterocycles. The zero-order valence-corrected chi connectivity index (χ0v) is 14.3. The van der Waals surface area contributed by atoms with Crippen LogP contribution in [0.2, 0.25) is 0 Å². The van der Waals surface area contributed by atoms with E-state index in [2.05, 4.69) is 15.3 Å². The first-order valence-corrected chi connectivity index (χ1v) is 8.42. The molecule has 0 aliphatic heterocycles. The van der Waals surface area contributed by atoms with Crippen molar-refractivity contribution in [3.05, 3.63) is 83.2 Å². The third-order valence-corrected chi connectivity index (χ3v) is 4.20. The molecule has 0 fully saturated rings. The normalized spacial score (nSPS) is 10.8. The fourth-order valence-corrected chi connectivity index (χ4v) is 2.91. The van der Waals surface area contributed by atoms with Crippen LogP contribution in [0.3, 0.4) is 0 Å². The summed E-state index contributed by atoms with van der Waals surface area (Å²) in [5, 5.41) is 2.84. The maximum absolute atomic E-state index is 12.4. The van der Waals surface area contributed by atoms with E-state index in [-0.39, 0.29) is 12.5 Å². The van der Waals surface area contributed by atoms with Crippen molar-refractivity contribution in [2.24, 2.45) is 0 Å². The Morgan fingerprint density at radius 3 is 2.70 bits per heavy atom. The number of hydrogen-bond donors (Lipinski definition) is 1. The maximum atomic E-state index is 12.4. The van der Waals surface area contributed by atoms with Gasteiger partial charge >= 0.3 is 5.76 Å². The highest BCUT2D eigenvalue weighted by atomic mass is 16.4. The molecule has 0 saturated carbocycles. The van der Waals surface area contributed by atoms with E-state index in [0.29, 0.717) is 17.6 Å². The number of aromatic nitrogens is 3. The van der Waals surface area contributed by atoms with Crippen molar-refractivity contribution in [2.45, 2.75) is 13.1 Å². The minimum absolute atomic E-state index is 0.110. The van der Waals surface area contributed by atoms with Crippen molar-refractivity contribution in [2.75, 3.05) is 0 Å². The largest absolute Gasteiger partial charge is 0.420 e. The lowest BCUT2D eigenvalue weighted by atomic mass is 10.1. The molecule has 4 rings (SSSR count). The highest BCUT2D eigenvalue weighted by Crippen LogP contribution is 2.20. The molecule has 0 aliphatic rings. The van der Waals surface area contributed by atoms with Crippen LogP contribution in [-0.4, -0.2) is 20.4 Å². The van der Waals surface area contributed by atoms with Gasteiger partial charge < -0.3 is 9.73 Å². The maximum Gasteiger partial charge on any atom is 0.420 e. The van der Waals surface area contributed by atoms with Gasteiger partial charge in [-0.15, -0.1) is 0 Å². The van der Waals surface area contributed by atoms with Crippen LogP contribution in [0.4, 0.5) is 0 Å². The SMILES string of the molecule is O=C(Cn1c(=O)oc2ccccc21)NCc1cccnc1-c1ccncc1. The van der Waals surface area contributed by atoms with E-state index in [1.165, 1.54) is 4.57 Å². The molecule has 4 aromatic rings. The molecule has 27 heavy (non-hydrogen) atoms. The molecule has 1 N–H and O–H groups in total. The van der Waals surface area contributed by atoms with E-state index in [1.807, 2.05) is 24.3 Å². The van der Waals surface area contributed by atoms with Crippen molar-refractivity contribution in [1.82, 2.24) is 19.9 Å². The van der Waals surface area contributed by atoms with Gasteiger partial charge in [0.25, 0.3) is 0 Å². The molecule has 134 valence electrons. The summed E-state index contributed by atoms with van der Waals surface area (Å²) in [4.78, 5) is 32.8. The summed E-state index contributed by atoms with van der Waals surface area (Å²) >= 11 is 0. The number of benzene rings is 1. The fraction of sp³-hybridized carbons (Fsp3) is 0.100. The lowest BCUT2D eigenvalue weighted by molar-refractivity contribution is -0.121. The zero-order valence-electron chi connectivity index (χ0n) is 14.3. The summed E-state index contributed by atoms with van der Waals surface area (Å²) in [5.74, 6) is -0.835. The average Bonchev–Trinajstić information content (AvgIpc) is 3.02. The quantitative estimate of drug-likeness (QED) is 0.590. The Labute approximate surface area is 154 Å².